The SMILES string of the molecule is O=C(C1CC2C=CC1C2)N1CCC2CCC(C1)N2. The fraction of sp³-hybridized carbons (Fsp3) is 0.800. The third-order valence-corrected chi connectivity index (χ3v) is 5.43. The predicted octanol–water partition coefficient (Wildman–Crippen LogP) is 1.55. The molecule has 98 valence electrons. The third-order valence-electron chi connectivity index (χ3n) is 5.43. The standard InChI is InChI=1S/C15H22N2O/c18-15(14-8-10-1-2-11(14)7-10)17-6-5-12-3-4-13(9-17)16-12/h1-2,10-14,16H,3-9H2. The van der Waals surface area contributed by atoms with Crippen molar-refractivity contribution in [3.63, 3.8) is 0 Å². The zero-order valence-corrected chi connectivity index (χ0v) is 10.8. The van der Waals surface area contributed by atoms with E-state index in [2.05, 4.69) is 22.4 Å². The molecule has 1 N–H and O–H groups in total. The molecule has 18 heavy (non-hydrogen) atoms. The van der Waals surface area contributed by atoms with Crippen LogP contribution < -0.4 is 5.32 Å². The van der Waals surface area contributed by atoms with Crippen molar-refractivity contribution < 1.29 is 4.79 Å². The molecule has 3 nitrogen and oxygen atoms in total. The van der Waals surface area contributed by atoms with E-state index in [1.54, 1.807) is 0 Å². The van der Waals surface area contributed by atoms with Gasteiger partial charge in [0.2, 0.25) is 5.91 Å². The minimum absolute atomic E-state index is 0.302. The van der Waals surface area contributed by atoms with Crippen LogP contribution in [0.1, 0.15) is 32.1 Å². The summed E-state index contributed by atoms with van der Waals surface area (Å²) in [5.41, 5.74) is 0. The van der Waals surface area contributed by atoms with E-state index in [4.69, 9.17) is 0 Å². The highest BCUT2D eigenvalue weighted by atomic mass is 16.2. The van der Waals surface area contributed by atoms with Crippen LogP contribution in [0.3, 0.4) is 0 Å². The van der Waals surface area contributed by atoms with Gasteiger partial charge in [0.1, 0.15) is 0 Å². The molecule has 1 amide bonds. The molecule has 0 aromatic carbocycles. The van der Waals surface area contributed by atoms with E-state index in [1.165, 1.54) is 19.3 Å². The number of hydrogen-bond donors (Lipinski definition) is 1. The monoisotopic (exact) mass is 246 g/mol. The largest absolute Gasteiger partial charge is 0.341 e. The van der Waals surface area contributed by atoms with Gasteiger partial charge >= 0.3 is 0 Å². The smallest absolute Gasteiger partial charge is 0.226 e. The molecule has 0 radical (unpaired) electrons. The van der Waals surface area contributed by atoms with Crippen molar-refractivity contribution in [1.29, 1.82) is 0 Å². The van der Waals surface area contributed by atoms with Gasteiger partial charge in [0, 0.05) is 31.1 Å². The zero-order chi connectivity index (χ0) is 12.1. The van der Waals surface area contributed by atoms with E-state index in [9.17, 15) is 4.79 Å². The Morgan fingerprint density at radius 3 is 2.78 bits per heavy atom. The summed E-state index contributed by atoms with van der Waals surface area (Å²) >= 11 is 0. The molecule has 0 aromatic rings. The van der Waals surface area contributed by atoms with Gasteiger partial charge in [-0.3, -0.25) is 4.79 Å². The maximum Gasteiger partial charge on any atom is 0.226 e. The number of hydrogen-bond acceptors (Lipinski definition) is 2. The van der Waals surface area contributed by atoms with Crippen molar-refractivity contribution in [3.05, 3.63) is 12.2 Å². The van der Waals surface area contributed by atoms with Gasteiger partial charge in [0.05, 0.1) is 0 Å². The Hall–Kier alpha value is -0.830. The molecule has 5 atom stereocenters. The van der Waals surface area contributed by atoms with Crippen molar-refractivity contribution >= 4 is 5.91 Å². The first-order chi connectivity index (χ1) is 8.79. The fourth-order valence-electron chi connectivity index (χ4n) is 4.44. The lowest BCUT2D eigenvalue weighted by Crippen LogP contribution is -2.42. The number of nitrogens with zero attached hydrogens (tertiary/aromatic N) is 1. The molecule has 2 saturated heterocycles. The van der Waals surface area contributed by atoms with E-state index in [0.29, 0.717) is 35.7 Å². The van der Waals surface area contributed by atoms with Gasteiger partial charge < -0.3 is 10.2 Å². The molecular formula is C15H22N2O. The molecule has 0 aromatic heterocycles. The number of carbonyl (C=O) groups excluding carboxylic acids is 1. The van der Waals surface area contributed by atoms with E-state index in [1.807, 2.05) is 0 Å². The van der Waals surface area contributed by atoms with Gasteiger partial charge in [-0.25, -0.2) is 0 Å². The van der Waals surface area contributed by atoms with E-state index < -0.39 is 0 Å². The Morgan fingerprint density at radius 2 is 2.00 bits per heavy atom. The molecule has 2 aliphatic carbocycles. The van der Waals surface area contributed by atoms with Gasteiger partial charge in [0.15, 0.2) is 0 Å². The van der Waals surface area contributed by atoms with E-state index in [0.717, 1.165) is 25.9 Å². The van der Waals surface area contributed by atoms with Gasteiger partial charge in [-0.05, 0) is 43.9 Å². The molecule has 4 aliphatic rings. The Kier molecular flexibility index (Phi) is 2.51. The Balaban J connectivity index is 1.46. The third kappa shape index (κ3) is 1.71. The van der Waals surface area contributed by atoms with Crippen LogP contribution in [0.2, 0.25) is 0 Å². The summed E-state index contributed by atoms with van der Waals surface area (Å²) in [6, 6.07) is 1.24. The van der Waals surface area contributed by atoms with Crippen LogP contribution >= 0.6 is 0 Å². The van der Waals surface area contributed by atoms with Crippen LogP contribution in [0, 0.1) is 17.8 Å². The maximum atomic E-state index is 12.7. The number of allylic oxidation sites excluding steroid dienone is 2. The summed E-state index contributed by atoms with van der Waals surface area (Å²) in [5, 5.41) is 3.65. The first-order valence-electron chi connectivity index (χ1n) is 7.53. The highest BCUT2D eigenvalue weighted by Crippen LogP contribution is 2.44. The van der Waals surface area contributed by atoms with Crippen LogP contribution in [0.15, 0.2) is 12.2 Å². The molecule has 3 heteroatoms. The van der Waals surface area contributed by atoms with Crippen molar-refractivity contribution in [2.24, 2.45) is 17.8 Å². The normalized spacial score (nSPS) is 45.6. The topological polar surface area (TPSA) is 32.3 Å². The summed E-state index contributed by atoms with van der Waals surface area (Å²) in [5.74, 6) is 2.00. The van der Waals surface area contributed by atoms with Crippen LogP contribution in [0.5, 0.6) is 0 Å². The molecule has 5 unspecified atom stereocenters. The quantitative estimate of drug-likeness (QED) is 0.712. The average molecular weight is 246 g/mol. The van der Waals surface area contributed by atoms with Gasteiger partial charge in [-0.1, -0.05) is 12.2 Å². The Morgan fingerprint density at radius 1 is 1.11 bits per heavy atom. The molecule has 2 aliphatic heterocycles. The van der Waals surface area contributed by atoms with Crippen molar-refractivity contribution in [2.75, 3.05) is 13.1 Å². The maximum absolute atomic E-state index is 12.7. The van der Waals surface area contributed by atoms with Gasteiger partial charge in [-0.15, -0.1) is 0 Å². The molecular weight excluding hydrogens is 224 g/mol. The molecule has 2 heterocycles. The van der Waals surface area contributed by atoms with Crippen LogP contribution in [0.25, 0.3) is 0 Å². The zero-order valence-electron chi connectivity index (χ0n) is 10.8. The highest BCUT2D eigenvalue weighted by molar-refractivity contribution is 5.80. The minimum Gasteiger partial charge on any atom is -0.341 e. The lowest BCUT2D eigenvalue weighted by Gasteiger charge is -2.29. The second kappa shape index (κ2) is 4.09. The van der Waals surface area contributed by atoms with E-state index >= 15 is 0 Å². The summed E-state index contributed by atoms with van der Waals surface area (Å²) < 4.78 is 0. The Labute approximate surface area is 109 Å². The first-order valence-corrected chi connectivity index (χ1v) is 7.53. The average Bonchev–Trinajstić information content (AvgIpc) is 3.03. The van der Waals surface area contributed by atoms with Crippen LogP contribution in [-0.4, -0.2) is 36.0 Å². The lowest BCUT2D eigenvalue weighted by atomic mass is 9.91. The summed E-state index contributed by atoms with van der Waals surface area (Å²) in [6.07, 6.45) is 10.7. The van der Waals surface area contributed by atoms with Crippen molar-refractivity contribution in [2.45, 2.75) is 44.2 Å². The molecule has 0 spiro atoms. The number of likely N-dealkylation sites (tertiary alicyclic amines) is 1. The van der Waals surface area contributed by atoms with Crippen LogP contribution in [0.4, 0.5) is 0 Å². The predicted molar refractivity (Wildman–Crippen MR) is 70.0 cm³/mol. The van der Waals surface area contributed by atoms with Crippen LogP contribution in [-0.2, 0) is 4.79 Å². The van der Waals surface area contributed by atoms with E-state index in [-0.39, 0.29) is 0 Å². The highest BCUT2D eigenvalue weighted by Gasteiger charge is 2.42. The number of amides is 1. The fourth-order valence-corrected chi connectivity index (χ4v) is 4.44. The van der Waals surface area contributed by atoms with Crippen molar-refractivity contribution in [3.8, 4) is 0 Å². The second-order valence-corrected chi connectivity index (χ2v) is 6.60. The van der Waals surface area contributed by atoms with Gasteiger partial charge in [-0.2, -0.15) is 0 Å². The number of rotatable bonds is 1. The summed E-state index contributed by atoms with van der Waals surface area (Å²) in [6.45, 7) is 1.93. The molecule has 4 rings (SSSR count). The number of nitrogens with one attached hydrogen (secondary N) is 1. The first kappa shape index (κ1) is 11.0. The lowest BCUT2D eigenvalue weighted by molar-refractivity contribution is -0.136. The number of fused-ring (bicyclic) bond motifs is 4. The van der Waals surface area contributed by atoms with Gasteiger partial charge in [0.25, 0.3) is 0 Å². The van der Waals surface area contributed by atoms with Crippen molar-refractivity contribution in [1.82, 2.24) is 10.2 Å². The molecule has 1 saturated carbocycles. The Bertz CT molecular complexity index is 392. The molecule has 4 bridgehead atoms. The number of carbonyl (C=O) groups is 1. The molecule has 3 fully saturated rings. The second-order valence-electron chi connectivity index (χ2n) is 6.60. The minimum atomic E-state index is 0.302. The summed E-state index contributed by atoms with van der Waals surface area (Å²) in [4.78, 5) is 14.8. The summed E-state index contributed by atoms with van der Waals surface area (Å²) in [7, 11) is 0.